The molecule has 18 heavy (non-hydrogen) atoms. The van der Waals surface area contributed by atoms with E-state index in [-0.39, 0.29) is 35.9 Å². The number of hydrogen-bond donors (Lipinski definition) is 1. The highest BCUT2D eigenvalue weighted by Gasteiger charge is 2.32. The number of carbonyl (C=O) groups excluding carboxylic acids is 2. The Hall–Kier alpha value is -1.21. The summed E-state index contributed by atoms with van der Waals surface area (Å²) >= 11 is 6.41. The first-order valence-electron chi connectivity index (χ1n) is 4.94. The second kappa shape index (κ2) is 4.81. The molecule has 2 rings (SSSR count). The number of carboxylic acids is 1. The number of carboxylic acid groups (broad SMARTS) is 1. The van der Waals surface area contributed by atoms with Crippen molar-refractivity contribution in [1.29, 1.82) is 0 Å². The molecular formula is C11H7Br2NO4. The minimum Gasteiger partial charge on any atom is -0.478 e. The normalized spacial score (nSPS) is 15.3. The topological polar surface area (TPSA) is 74.7 Å². The lowest BCUT2D eigenvalue weighted by molar-refractivity contribution is -0.121. The molecule has 5 nitrogen and oxygen atoms in total. The summed E-state index contributed by atoms with van der Waals surface area (Å²) in [6, 6.07) is 3.04. The molecule has 0 spiro atoms. The number of carbonyl (C=O) groups is 3. The number of ketones is 1. The molecule has 0 bridgehead atoms. The van der Waals surface area contributed by atoms with Gasteiger partial charge in [-0.1, -0.05) is 15.9 Å². The fourth-order valence-electron chi connectivity index (χ4n) is 1.79. The molecule has 1 saturated heterocycles. The van der Waals surface area contributed by atoms with Crippen LogP contribution in [0.15, 0.2) is 21.1 Å². The highest BCUT2D eigenvalue weighted by molar-refractivity contribution is 9.11. The van der Waals surface area contributed by atoms with Crippen LogP contribution < -0.4 is 4.90 Å². The van der Waals surface area contributed by atoms with E-state index in [2.05, 4.69) is 31.9 Å². The van der Waals surface area contributed by atoms with E-state index in [0.717, 1.165) is 0 Å². The Balaban J connectivity index is 2.59. The second-order valence-electron chi connectivity index (χ2n) is 3.78. The van der Waals surface area contributed by atoms with Crippen LogP contribution in [0.2, 0.25) is 0 Å². The lowest BCUT2D eigenvalue weighted by Gasteiger charge is -2.19. The Morgan fingerprint density at radius 2 is 1.94 bits per heavy atom. The molecule has 7 heteroatoms. The zero-order chi connectivity index (χ0) is 13.4. The molecule has 1 aromatic rings. The number of amides is 1. The number of benzene rings is 1. The summed E-state index contributed by atoms with van der Waals surface area (Å²) in [5, 5.41) is 9.16. The molecule has 0 saturated carbocycles. The maximum absolute atomic E-state index is 11.7. The van der Waals surface area contributed by atoms with Crippen molar-refractivity contribution in [3.63, 3.8) is 0 Å². The molecule has 1 aliphatic rings. The third-order valence-corrected chi connectivity index (χ3v) is 3.57. The van der Waals surface area contributed by atoms with Gasteiger partial charge in [-0.25, -0.2) is 4.79 Å². The largest absolute Gasteiger partial charge is 0.478 e. The van der Waals surface area contributed by atoms with Crippen molar-refractivity contribution in [3.05, 3.63) is 26.6 Å². The standard InChI is InChI=1S/C11H7Br2NO4/c12-5-1-7(11(17)18)10(8(13)2-5)14-4-6(15)3-9(14)16/h1-2H,3-4H2,(H,17,18). The van der Waals surface area contributed by atoms with E-state index in [1.807, 2.05) is 0 Å². The third-order valence-electron chi connectivity index (χ3n) is 2.51. The van der Waals surface area contributed by atoms with Crippen molar-refractivity contribution in [1.82, 2.24) is 0 Å². The van der Waals surface area contributed by atoms with Gasteiger partial charge in [0, 0.05) is 8.95 Å². The Morgan fingerprint density at radius 1 is 1.28 bits per heavy atom. The van der Waals surface area contributed by atoms with Crippen molar-refractivity contribution >= 4 is 55.2 Å². The fourth-order valence-corrected chi connectivity index (χ4v) is 3.23. The lowest BCUT2D eigenvalue weighted by atomic mass is 10.1. The number of aromatic carboxylic acids is 1. The monoisotopic (exact) mass is 375 g/mol. The zero-order valence-corrected chi connectivity index (χ0v) is 12.1. The van der Waals surface area contributed by atoms with Gasteiger partial charge in [0.15, 0.2) is 5.78 Å². The van der Waals surface area contributed by atoms with Gasteiger partial charge >= 0.3 is 5.97 Å². The van der Waals surface area contributed by atoms with Crippen molar-refractivity contribution in [2.45, 2.75) is 6.42 Å². The van der Waals surface area contributed by atoms with Gasteiger partial charge in [0.25, 0.3) is 0 Å². The summed E-state index contributed by atoms with van der Waals surface area (Å²) < 4.78 is 1.03. The highest BCUT2D eigenvalue weighted by Crippen LogP contribution is 2.35. The number of rotatable bonds is 2. The molecule has 0 radical (unpaired) electrons. The molecule has 94 valence electrons. The quantitative estimate of drug-likeness (QED) is 0.803. The van der Waals surface area contributed by atoms with E-state index < -0.39 is 5.97 Å². The van der Waals surface area contributed by atoms with Crippen molar-refractivity contribution in [2.75, 3.05) is 11.4 Å². The summed E-state index contributed by atoms with van der Waals surface area (Å²) in [6.45, 7) is -0.0840. The molecule has 1 aliphatic heterocycles. The molecular weight excluding hydrogens is 370 g/mol. The number of anilines is 1. The van der Waals surface area contributed by atoms with Gasteiger partial charge in [-0.15, -0.1) is 0 Å². The highest BCUT2D eigenvalue weighted by atomic mass is 79.9. The number of hydrogen-bond acceptors (Lipinski definition) is 3. The summed E-state index contributed by atoms with van der Waals surface area (Å²) in [5.41, 5.74) is 0.195. The predicted octanol–water partition coefficient (Wildman–Crippen LogP) is 2.22. The van der Waals surface area contributed by atoms with Crippen molar-refractivity contribution in [3.8, 4) is 0 Å². The van der Waals surface area contributed by atoms with Gasteiger partial charge in [-0.05, 0) is 28.1 Å². The van der Waals surface area contributed by atoms with Gasteiger partial charge < -0.3 is 10.0 Å². The van der Waals surface area contributed by atoms with E-state index >= 15 is 0 Å². The minimum atomic E-state index is -1.15. The van der Waals surface area contributed by atoms with E-state index in [1.165, 1.54) is 11.0 Å². The van der Waals surface area contributed by atoms with Gasteiger partial charge in [0.2, 0.25) is 5.91 Å². The Kier molecular flexibility index (Phi) is 3.54. The van der Waals surface area contributed by atoms with Crippen LogP contribution in [0.4, 0.5) is 5.69 Å². The number of halogens is 2. The molecule has 1 N–H and O–H groups in total. The third kappa shape index (κ3) is 2.32. The van der Waals surface area contributed by atoms with Crippen LogP contribution in [0.1, 0.15) is 16.8 Å². The summed E-state index contributed by atoms with van der Waals surface area (Å²) in [4.78, 5) is 35.3. The number of Topliss-reactive ketones (excluding diaryl/α,β-unsaturated/α-hetero) is 1. The van der Waals surface area contributed by atoms with E-state index in [4.69, 9.17) is 5.11 Å². The SMILES string of the molecule is O=C1CC(=O)N(c2c(Br)cc(Br)cc2C(=O)O)C1. The summed E-state index contributed by atoms with van der Waals surface area (Å²) in [6.07, 6.45) is -0.179. The van der Waals surface area contributed by atoms with Crippen molar-refractivity contribution in [2.24, 2.45) is 0 Å². The zero-order valence-electron chi connectivity index (χ0n) is 8.94. The van der Waals surface area contributed by atoms with Crippen LogP contribution in [-0.4, -0.2) is 29.3 Å². The minimum absolute atomic E-state index is 0.0284. The lowest BCUT2D eigenvalue weighted by Crippen LogP contribution is -2.27. The molecule has 0 aliphatic carbocycles. The van der Waals surface area contributed by atoms with Gasteiger partial charge in [0.05, 0.1) is 24.2 Å². The number of nitrogens with zero attached hydrogens (tertiary/aromatic N) is 1. The fraction of sp³-hybridized carbons (Fsp3) is 0.182. The smallest absolute Gasteiger partial charge is 0.337 e. The van der Waals surface area contributed by atoms with Gasteiger partial charge in [0.1, 0.15) is 0 Å². The van der Waals surface area contributed by atoms with Crippen LogP contribution in [0.25, 0.3) is 0 Å². The molecule has 1 heterocycles. The van der Waals surface area contributed by atoms with Crippen molar-refractivity contribution < 1.29 is 19.5 Å². The van der Waals surface area contributed by atoms with Gasteiger partial charge in [-0.3, -0.25) is 9.59 Å². The molecule has 0 aromatic heterocycles. The van der Waals surface area contributed by atoms with Gasteiger partial charge in [-0.2, -0.15) is 0 Å². The molecule has 1 aromatic carbocycles. The molecule has 0 unspecified atom stereocenters. The summed E-state index contributed by atoms with van der Waals surface area (Å²) in [7, 11) is 0. The summed E-state index contributed by atoms with van der Waals surface area (Å²) in [5.74, 6) is -1.75. The predicted molar refractivity (Wildman–Crippen MR) is 70.8 cm³/mol. The van der Waals surface area contributed by atoms with Crippen LogP contribution in [-0.2, 0) is 9.59 Å². The maximum Gasteiger partial charge on any atom is 0.337 e. The van der Waals surface area contributed by atoms with E-state index in [0.29, 0.717) is 8.95 Å². The first kappa shape index (κ1) is 13.2. The average Bonchev–Trinajstić information content (AvgIpc) is 2.56. The molecule has 1 fully saturated rings. The van der Waals surface area contributed by atoms with E-state index in [1.54, 1.807) is 6.07 Å². The molecule has 1 amide bonds. The Bertz CT molecular complexity index is 570. The van der Waals surface area contributed by atoms with Crippen LogP contribution in [0.5, 0.6) is 0 Å². The van der Waals surface area contributed by atoms with E-state index in [9.17, 15) is 14.4 Å². The van der Waals surface area contributed by atoms with Crippen LogP contribution >= 0.6 is 31.9 Å². The average molecular weight is 377 g/mol. The first-order valence-corrected chi connectivity index (χ1v) is 6.53. The Labute approximate surface area is 119 Å². The first-order chi connectivity index (χ1) is 8.40. The van der Waals surface area contributed by atoms with Crippen LogP contribution in [0, 0.1) is 0 Å². The van der Waals surface area contributed by atoms with Crippen LogP contribution in [0.3, 0.4) is 0 Å². The maximum atomic E-state index is 11.7. The second-order valence-corrected chi connectivity index (χ2v) is 5.55. The Morgan fingerprint density at radius 3 is 2.44 bits per heavy atom. The molecule has 0 atom stereocenters.